The summed E-state index contributed by atoms with van der Waals surface area (Å²) < 4.78 is 3.36. The number of nitrogens with zero attached hydrogens (tertiary/aromatic N) is 2. The van der Waals surface area contributed by atoms with Crippen molar-refractivity contribution < 1.29 is 0 Å². The standard InChI is InChI=1S/C17H15IN2/c1-12-7-6-8-13(2)16(12)20-15(18)11-19-17(20)14-9-4-3-5-10-14/h3-11H,1-2H3. The van der Waals surface area contributed by atoms with Crippen molar-refractivity contribution in [2.75, 3.05) is 0 Å². The molecule has 20 heavy (non-hydrogen) atoms. The van der Waals surface area contributed by atoms with Gasteiger partial charge >= 0.3 is 0 Å². The van der Waals surface area contributed by atoms with Gasteiger partial charge in [-0.2, -0.15) is 0 Å². The van der Waals surface area contributed by atoms with Crippen LogP contribution in [0.3, 0.4) is 0 Å². The van der Waals surface area contributed by atoms with Gasteiger partial charge in [0, 0.05) is 5.56 Å². The normalized spacial score (nSPS) is 10.8. The summed E-state index contributed by atoms with van der Waals surface area (Å²) in [5.74, 6) is 0.993. The van der Waals surface area contributed by atoms with Crippen molar-refractivity contribution in [2.45, 2.75) is 13.8 Å². The van der Waals surface area contributed by atoms with Crippen molar-refractivity contribution in [2.24, 2.45) is 0 Å². The summed E-state index contributed by atoms with van der Waals surface area (Å²) in [6, 6.07) is 16.7. The van der Waals surface area contributed by atoms with E-state index in [1.807, 2.05) is 24.4 Å². The zero-order valence-corrected chi connectivity index (χ0v) is 13.6. The molecular formula is C17H15IN2. The lowest BCUT2D eigenvalue weighted by atomic mass is 10.1. The number of rotatable bonds is 2. The summed E-state index contributed by atoms with van der Waals surface area (Å²) in [5.41, 5.74) is 4.89. The van der Waals surface area contributed by atoms with Crippen molar-refractivity contribution in [3.63, 3.8) is 0 Å². The molecule has 0 radical (unpaired) electrons. The number of aromatic nitrogens is 2. The fourth-order valence-corrected chi connectivity index (χ4v) is 3.10. The van der Waals surface area contributed by atoms with Crippen LogP contribution in [-0.4, -0.2) is 9.55 Å². The van der Waals surface area contributed by atoms with Crippen LogP contribution >= 0.6 is 22.6 Å². The van der Waals surface area contributed by atoms with Crippen molar-refractivity contribution in [3.05, 3.63) is 69.6 Å². The maximum atomic E-state index is 4.60. The smallest absolute Gasteiger partial charge is 0.145 e. The highest BCUT2D eigenvalue weighted by Gasteiger charge is 2.14. The number of para-hydroxylation sites is 1. The van der Waals surface area contributed by atoms with Crippen molar-refractivity contribution in [1.82, 2.24) is 9.55 Å². The van der Waals surface area contributed by atoms with Gasteiger partial charge in [-0.05, 0) is 47.6 Å². The predicted octanol–water partition coefficient (Wildman–Crippen LogP) is 4.76. The lowest BCUT2D eigenvalue weighted by molar-refractivity contribution is 1.01. The molecule has 0 saturated heterocycles. The zero-order valence-electron chi connectivity index (χ0n) is 11.5. The van der Waals surface area contributed by atoms with E-state index in [4.69, 9.17) is 0 Å². The Morgan fingerprint density at radius 3 is 2.20 bits per heavy atom. The third-order valence-corrected chi connectivity index (χ3v) is 4.17. The first-order valence-corrected chi connectivity index (χ1v) is 7.61. The molecule has 3 heteroatoms. The van der Waals surface area contributed by atoms with E-state index < -0.39 is 0 Å². The summed E-state index contributed by atoms with van der Waals surface area (Å²) in [6.07, 6.45) is 1.93. The first-order valence-electron chi connectivity index (χ1n) is 6.53. The Bertz CT molecular complexity index is 725. The van der Waals surface area contributed by atoms with Crippen LogP contribution in [0.25, 0.3) is 17.1 Å². The molecule has 1 heterocycles. The average molecular weight is 374 g/mol. The largest absolute Gasteiger partial charge is 0.287 e. The summed E-state index contributed by atoms with van der Waals surface area (Å²) >= 11 is 2.35. The van der Waals surface area contributed by atoms with Gasteiger partial charge in [0.1, 0.15) is 9.53 Å². The molecule has 0 N–H and O–H groups in total. The van der Waals surface area contributed by atoms with E-state index in [-0.39, 0.29) is 0 Å². The molecule has 2 aromatic carbocycles. The Morgan fingerprint density at radius 2 is 1.55 bits per heavy atom. The first-order chi connectivity index (χ1) is 9.68. The number of hydrogen-bond acceptors (Lipinski definition) is 1. The van der Waals surface area contributed by atoms with Gasteiger partial charge in [-0.15, -0.1) is 0 Å². The Kier molecular flexibility index (Phi) is 3.61. The summed E-state index contributed by atoms with van der Waals surface area (Å²) in [7, 11) is 0. The second-order valence-electron chi connectivity index (χ2n) is 4.85. The first kappa shape index (κ1) is 13.4. The second kappa shape index (κ2) is 5.40. The molecule has 0 aliphatic carbocycles. The Morgan fingerprint density at radius 1 is 0.900 bits per heavy atom. The monoisotopic (exact) mass is 374 g/mol. The van der Waals surface area contributed by atoms with Gasteiger partial charge in [-0.3, -0.25) is 4.57 Å². The van der Waals surface area contributed by atoms with Gasteiger partial charge < -0.3 is 0 Å². The minimum Gasteiger partial charge on any atom is -0.287 e. The van der Waals surface area contributed by atoms with Crippen molar-refractivity contribution in [3.8, 4) is 17.1 Å². The van der Waals surface area contributed by atoms with Crippen molar-refractivity contribution >= 4 is 22.6 Å². The van der Waals surface area contributed by atoms with E-state index in [0.717, 1.165) is 15.1 Å². The number of benzene rings is 2. The molecular weight excluding hydrogens is 359 g/mol. The molecule has 100 valence electrons. The number of hydrogen-bond donors (Lipinski definition) is 0. The fraction of sp³-hybridized carbons (Fsp3) is 0.118. The van der Waals surface area contributed by atoms with Gasteiger partial charge in [0.25, 0.3) is 0 Å². The fourth-order valence-electron chi connectivity index (χ4n) is 2.49. The SMILES string of the molecule is Cc1cccc(C)c1-n1c(I)cnc1-c1ccccc1. The van der Waals surface area contributed by atoms with Crippen LogP contribution in [0.15, 0.2) is 54.7 Å². The molecule has 0 atom stereocenters. The van der Waals surface area contributed by atoms with Gasteiger partial charge in [0.15, 0.2) is 0 Å². The highest BCUT2D eigenvalue weighted by atomic mass is 127. The lowest BCUT2D eigenvalue weighted by Crippen LogP contribution is -2.04. The van der Waals surface area contributed by atoms with Crippen LogP contribution < -0.4 is 0 Å². The number of halogens is 1. The number of imidazole rings is 1. The average Bonchev–Trinajstić information content (AvgIpc) is 2.82. The lowest BCUT2D eigenvalue weighted by Gasteiger charge is -2.15. The van der Waals surface area contributed by atoms with Crippen LogP contribution in [-0.2, 0) is 0 Å². The van der Waals surface area contributed by atoms with E-state index in [0.29, 0.717) is 0 Å². The van der Waals surface area contributed by atoms with Crippen LogP contribution in [0, 0.1) is 17.5 Å². The van der Waals surface area contributed by atoms with Gasteiger partial charge in [0.2, 0.25) is 0 Å². The van der Waals surface area contributed by atoms with Crippen LogP contribution in [0.1, 0.15) is 11.1 Å². The molecule has 1 aromatic heterocycles. The molecule has 3 rings (SSSR count). The quantitative estimate of drug-likeness (QED) is 0.592. The van der Waals surface area contributed by atoms with E-state index in [1.54, 1.807) is 0 Å². The topological polar surface area (TPSA) is 17.8 Å². The van der Waals surface area contributed by atoms with E-state index in [2.05, 4.69) is 76.3 Å². The molecule has 3 aromatic rings. The van der Waals surface area contributed by atoms with Crippen LogP contribution in [0.5, 0.6) is 0 Å². The molecule has 0 aliphatic rings. The maximum absolute atomic E-state index is 4.60. The minimum absolute atomic E-state index is 0.993. The zero-order chi connectivity index (χ0) is 14.1. The van der Waals surface area contributed by atoms with Gasteiger partial charge in [0.05, 0.1) is 11.9 Å². The van der Waals surface area contributed by atoms with E-state index >= 15 is 0 Å². The molecule has 2 nitrogen and oxygen atoms in total. The van der Waals surface area contributed by atoms with E-state index in [9.17, 15) is 0 Å². The minimum atomic E-state index is 0.993. The molecule has 0 fully saturated rings. The Balaban J connectivity index is 2.28. The van der Waals surface area contributed by atoms with E-state index in [1.165, 1.54) is 16.8 Å². The maximum Gasteiger partial charge on any atom is 0.145 e. The van der Waals surface area contributed by atoms with Gasteiger partial charge in [-0.25, -0.2) is 4.98 Å². The Labute approximate surface area is 132 Å². The highest BCUT2D eigenvalue weighted by molar-refractivity contribution is 14.1. The summed E-state index contributed by atoms with van der Waals surface area (Å²) in [4.78, 5) is 4.60. The third-order valence-electron chi connectivity index (χ3n) is 3.41. The second-order valence-corrected chi connectivity index (χ2v) is 5.95. The molecule has 0 bridgehead atoms. The Hall–Kier alpha value is -1.62. The summed E-state index contributed by atoms with van der Waals surface area (Å²) in [6.45, 7) is 4.29. The van der Waals surface area contributed by atoms with Crippen LogP contribution in [0.2, 0.25) is 0 Å². The molecule has 0 saturated carbocycles. The summed E-state index contributed by atoms with van der Waals surface area (Å²) in [5, 5.41) is 0. The van der Waals surface area contributed by atoms with Crippen molar-refractivity contribution in [1.29, 1.82) is 0 Å². The van der Waals surface area contributed by atoms with Crippen LogP contribution in [0.4, 0.5) is 0 Å². The molecule has 0 unspecified atom stereocenters. The predicted molar refractivity (Wildman–Crippen MR) is 91.2 cm³/mol. The highest BCUT2D eigenvalue weighted by Crippen LogP contribution is 2.28. The molecule has 0 spiro atoms. The molecule has 0 amide bonds. The van der Waals surface area contributed by atoms with Gasteiger partial charge in [-0.1, -0.05) is 48.5 Å². The number of aryl methyl sites for hydroxylation is 2. The third kappa shape index (κ3) is 2.26. The molecule has 0 aliphatic heterocycles.